The molecule has 0 atom stereocenters. The first-order valence-corrected chi connectivity index (χ1v) is 5.93. The van der Waals surface area contributed by atoms with Crippen LogP contribution < -0.4 is 5.73 Å². The number of carbonyl (C=O) groups is 1. The Bertz CT molecular complexity index is 352. The molecule has 0 fully saturated rings. The Morgan fingerprint density at radius 3 is 2.56 bits per heavy atom. The Morgan fingerprint density at radius 2 is 1.89 bits per heavy atom. The molecule has 0 amide bonds. The summed E-state index contributed by atoms with van der Waals surface area (Å²) in [5.74, 6) is -0.290. The van der Waals surface area contributed by atoms with Crippen molar-refractivity contribution in [1.82, 2.24) is 0 Å². The molecule has 0 aromatic heterocycles. The number of ether oxygens (including phenoxy) is 1. The summed E-state index contributed by atoms with van der Waals surface area (Å²) in [6, 6.07) is 9.67. The van der Waals surface area contributed by atoms with Gasteiger partial charge < -0.3 is 10.5 Å². The van der Waals surface area contributed by atoms with Crippen molar-refractivity contribution in [3.05, 3.63) is 42.0 Å². The Labute approximate surface area is 114 Å². The number of hydrogen-bond donors (Lipinski definition) is 1. The number of nitrogens with two attached hydrogens (primary N) is 1. The smallest absolute Gasteiger partial charge is 0.330 e. The molecule has 0 radical (unpaired) electrons. The molecule has 1 aromatic carbocycles. The van der Waals surface area contributed by atoms with Crippen LogP contribution in [0.15, 0.2) is 36.4 Å². The zero-order valence-electron chi connectivity index (χ0n) is 10.4. The summed E-state index contributed by atoms with van der Waals surface area (Å²) in [6.07, 6.45) is 6.08. The Hall–Kier alpha value is -1.32. The van der Waals surface area contributed by atoms with Gasteiger partial charge in [-0.05, 0) is 37.4 Å². The van der Waals surface area contributed by atoms with Gasteiger partial charge in [0.15, 0.2) is 0 Å². The second-order valence-electron chi connectivity index (χ2n) is 3.76. The molecular weight excluding hydrogens is 250 g/mol. The van der Waals surface area contributed by atoms with Crippen molar-refractivity contribution in [2.24, 2.45) is 5.73 Å². The summed E-state index contributed by atoms with van der Waals surface area (Å²) in [5, 5.41) is 0. The number of rotatable bonds is 7. The molecule has 0 unspecified atom stereocenters. The minimum atomic E-state index is -0.290. The summed E-state index contributed by atoms with van der Waals surface area (Å²) in [6.45, 7) is 1.17. The third kappa shape index (κ3) is 7.87. The fourth-order valence-electron chi connectivity index (χ4n) is 1.37. The molecule has 3 nitrogen and oxygen atoms in total. The lowest BCUT2D eigenvalue weighted by atomic mass is 10.2. The normalized spacial score (nSPS) is 10.1. The van der Waals surface area contributed by atoms with Crippen LogP contribution in [0.1, 0.15) is 24.8 Å². The molecule has 0 aliphatic carbocycles. The summed E-state index contributed by atoms with van der Waals surface area (Å²) in [7, 11) is 0. The summed E-state index contributed by atoms with van der Waals surface area (Å²) >= 11 is 0. The summed E-state index contributed by atoms with van der Waals surface area (Å²) in [4.78, 5) is 11.3. The SMILES string of the molecule is Cl.NCCCCCOC(=O)/C=C/c1ccccc1. The van der Waals surface area contributed by atoms with Gasteiger partial charge in [-0.2, -0.15) is 0 Å². The first-order valence-electron chi connectivity index (χ1n) is 5.93. The van der Waals surface area contributed by atoms with Crippen LogP contribution in [0.25, 0.3) is 6.08 Å². The minimum Gasteiger partial charge on any atom is -0.463 e. The van der Waals surface area contributed by atoms with E-state index in [1.165, 1.54) is 6.08 Å². The van der Waals surface area contributed by atoms with Crippen LogP contribution in [0, 0.1) is 0 Å². The quantitative estimate of drug-likeness (QED) is 0.470. The molecule has 0 saturated carbocycles. The first-order chi connectivity index (χ1) is 8.33. The standard InChI is InChI=1S/C14H19NO2.ClH/c15-11-5-2-6-12-17-14(16)10-9-13-7-3-1-4-8-13;/h1,3-4,7-10H,2,5-6,11-12,15H2;1H/b10-9+;. The van der Waals surface area contributed by atoms with Crippen molar-refractivity contribution >= 4 is 24.5 Å². The van der Waals surface area contributed by atoms with Crippen molar-refractivity contribution in [2.75, 3.05) is 13.2 Å². The van der Waals surface area contributed by atoms with Crippen LogP contribution in [-0.2, 0) is 9.53 Å². The number of halogens is 1. The Kier molecular flexibility index (Phi) is 10.0. The van der Waals surface area contributed by atoms with Crippen molar-refractivity contribution in [2.45, 2.75) is 19.3 Å². The molecule has 0 aliphatic heterocycles. The van der Waals surface area contributed by atoms with Gasteiger partial charge in [0.1, 0.15) is 0 Å². The Morgan fingerprint density at radius 1 is 1.17 bits per heavy atom. The average Bonchev–Trinajstić information content (AvgIpc) is 2.37. The van der Waals surface area contributed by atoms with E-state index in [1.807, 2.05) is 30.3 Å². The highest BCUT2D eigenvalue weighted by Crippen LogP contribution is 2.01. The number of carbonyl (C=O) groups excluding carboxylic acids is 1. The van der Waals surface area contributed by atoms with E-state index in [9.17, 15) is 4.79 Å². The third-order valence-electron chi connectivity index (χ3n) is 2.30. The lowest BCUT2D eigenvalue weighted by Crippen LogP contribution is -2.03. The highest BCUT2D eigenvalue weighted by atomic mass is 35.5. The fraction of sp³-hybridized carbons (Fsp3) is 0.357. The van der Waals surface area contributed by atoms with Gasteiger partial charge in [-0.1, -0.05) is 30.3 Å². The van der Waals surface area contributed by atoms with Crippen LogP contribution in [-0.4, -0.2) is 19.1 Å². The highest BCUT2D eigenvalue weighted by molar-refractivity contribution is 5.87. The van der Waals surface area contributed by atoms with Gasteiger partial charge >= 0.3 is 5.97 Å². The second kappa shape index (κ2) is 10.8. The van der Waals surface area contributed by atoms with E-state index in [0.717, 1.165) is 24.8 Å². The van der Waals surface area contributed by atoms with Crippen LogP contribution in [0.4, 0.5) is 0 Å². The molecule has 100 valence electrons. The molecule has 2 N–H and O–H groups in total. The van der Waals surface area contributed by atoms with E-state index in [1.54, 1.807) is 6.08 Å². The van der Waals surface area contributed by atoms with Gasteiger partial charge in [0.05, 0.1) is 6.61 Å². The maximum Gasteiger partial charge on any atom is 0.330 e. The predicted octanol–water partition coefficient (Wildman–Crippen LogP) is 2.79. The average molecular weight is 270 g/mol. The van der Waals surface area contributed by atoms with Gasteiger partial charge in [-0.15, -0.1) is 12.4 Å². The molecule has 0 saturated heterocycles. The summed E-state index contributed by atoms with van der Waals surface area (Å²) < 4.78 is 5.04. The van der Waals surface area contributed by atoms with Crippen LogP contribution in [0.5, 0.6) is 0 Å². The van der Waals surface area contributed by atoms with Gasteiger partial charge in [0.25, 0.3) is 0 Å². The van der Waals surface area contributed by atoms with E-state index >= 15 is 0 Å². The van der Waals surface area contributed by atoms with Crippen LogP contribution in [0.3, 0.4) is 0 Å². The molecule has 0 bridgehead atoms. The van der Waals surface area contributed by atoms with Gasteiger partial charge in [-0.25, -0.2) is 4.79 Å². The van der Waals surface area contributed by atoms with Crippen LogP contribution >= 0.6 is 12.4 Å². The first kappa shape index (κ1) is 16.7. The zero-order chi connectivity index (χ0) is 12.3. The van der Waals surface area contributed by atoms with E-state index in [-0.39, 0.29) is 18.4 Å². The largest absolute Gasteiger partial charge is 0.463 e. The van der Waals surface area contributed by atoms with Crippen molar-refractivity contribution in [1.29, 1.82) is 0 Å². The molecule has 4 heteroatoms. The van der Waals surface area contributed by atoms with Crippen LogP contribution in [0.2, 0.25) is 0 Å². The number of unbranched alkanes of at least 4 members (excludes halogenated alkanes) is 2. The van der Waals surface area contributed by atoms with Crippen molar-refractivity contribution in [3.63, 3.8) is 0 Å². The van der Waals surface area contributed by atoms with Gasteiger partial charge in [0, 0.05) is 6.08 Å². The highest BCUT2D eigenvalue weighted by Gasteiger charge is 1.96. The molecule has 1 rings (SSSR count). The second-order valence-corrected chi connectivity index (χ2v) is 3.76. The maximum absolute atomic E-state index is 11.3. The van der Waals surface area contributed by atoms with E-state index in [0.29, 0.717) is 13.2 Å². The third-order valence-corrected chi connectivity index (χ3v) is 2.30. The Balaban J connectivity index is 0.00000289. The van der Waals surface area contributed by atoms with Gasteiger partial charge in [-0.3, -0.25) is 0 Å². The topological polar surface area (TPSA) is 52.3 Å². The fourth-order valence-corrected chi connectivity index (χ4v) is 1.37. The molecule has 0 aliphatic rings. The summed E-state index contributed by atoms with van der Waals surface area (Å²) in [5.41, 5.74) is 6.36. The van der Waals surface area contributed by atoms with E-state index in [2.05, 4.69) is 0 Å². The molecule has 1 aromatic rings. The molecule has 0 spiro atoms. The predicted molar refractivity (Wildman–Crippen MR) is 76.6 cm³/mol. The monoisotopic (exact) mass is 269 g/mol. The van der Waals surface area contributed by atoms with E-state index < -0.39 is 0 Å². The van der Waals surface area contributed by atoms with E-state index in [4.69, 9.17) is 10.5 Å². The lowest BCUT2D eigenvalue weighted by Gasteiger charge is -2.00. The molecule has 0 heterocycles. The zero-order valence-corrected chi connectivity index (χ0v) is 11.2. The van der Waals surface area contributed by atoms with Crippen molar-refractivity contribution < 1.29 is 9.53 Å². The molecule has 18 heavy (non-hydrogen) atoms. The number of esters is 1. The van der Waals surface area contributed by atoms with Crippen molar-refractivity contribution in [3.8, 4) is 0 Å². The molecular formula is C14H20ClNO2. The number of benzene rings is 1. The maximum atomic E-state index is 11.3. The minimum absolute atomic E-state index is 0. The van der Waals surface area contributed by atoms with Gasteiger partial charge in [0.2, 0.25) is 0 Å². The number of hydrogen-bond acceptors (Lipinski definition) is 3. The lowest BCUT2D eigenvalue weighted by molar-refractivity contribution is -0.137.